The molecule has 0 saturated carbocycles. The smallest absolute Gasteiger partial charge is 0.151 e. The molecule has 0 fully saturated rings. The number of hydrogen-bond acceptors (Lipinski definition) is 2. The van der Waals surface area contributed by atoms with Crippen molar-refractivity contribution in [2.75, 3.05) is 6.61 Å². The van der Waals surface area contributed by atoms with Gasteiger partial charge in [0.2, 0.25) is 0 Å². The third kappa shape index (κ3) is 5.27. The summed E-state index contributed by atoms with van der Waals surface area (Å²) in [4.78, 5) is 10.4. The van der Waals surface area contributed by atoms with E-state index >= 15 is 0 Å². The molecule has 1 aromatic carbocycles. The van der Waals surface area contributed by atoms with Gasteiger partial charge >= 0.3 is 0 Å². The van der Waals surface area contributed by atoms with Gasteiger partial charge in [0.25, 0.3) is 0 Å². The molecule has 0 atom stereocenters. The van der Waals surface area contributed by atoms with Crippen LogP contribution >= 0.6 is 11.6 Å². The third-order valence-corrected chi connectivity index (χ3v) is 2.08. The maximum absolute atomic E-state index is 10.4. The monoisotopic (exact) mass is 271 g/mol. The van der Waals surface area contributed by atoms with Gasteiger partial charge in [-0.1, -0.05) is 29.8 Å². The van der Waals surface area contributed by atoms with Gasteiger partial charge in [-0.3, -0.25) is 4.79 Å². The second-order valence-electron chi connectivity index (χ2n) is 2.41. The van der Waals surface area contributed by atoms with E-state index < -0.39 is 0 Å². The number of carbonyl (C=O) groups is 1. The van der Waals surface area contributed by atoms with Crippen LogP contribution in [0.5, 0.6) is 0 Å². The van der Waals surface area contributed by atoms with Crippen LogP contribution < -0.4 is 0 Å². The third-order valence-electron chi connectivity index (χ3n) is 1.62. The first-order valence-corrected chi connectivity index (χ1v) is 4.01. The van der Waals surface area contributed by atoms with E-state index in [0.29, 0.717) is 23.3 Å². The van der Waals surface area contributed by atoms with Gasteiger partial charge in [-0.15, -0.1) is 0 Å². The second kappa shape index (κ2) is 10.1. The molecular weight excluding hydrogens is 262 g/mol. The maximum Gasteiger partial charge on any atom is 0.151 e. The molecule has 0 aliphatic carbocycles. The fourth-order valence-corrected chi connectivity index (χ4v) is 1.27. The average molecular weight is 272 g/mol. The molecular formula is C9H9ClMnO4-4. The molecule has 0 aliphatic heterocycles. The van der Waals surface area contributed by atoms with E-state index in [1.165, 1.54) is 0 Å². The molecule has 0 saturated heterocycles. The topological polar surface area (TPSA) is 94.3 Å². The van der Waals surface area contributed by atoms with Crippen molar-refractivity contribution < 1.29 is 37.9 Å². The summed E-state index contributed by atoms with van der Waals surface area (Å²) in [6, 6.07) is 5.20. The summed E-state index contributed by atoms with van der Waals surface area (Å²) in [5, 5.41) is 9.11. The molecule has 0 heterocycles. The molecule has 1 N–H and O–H groups in total. The first kappa shape index (κ1) is 20.1. The molecule has 0 aliphatic rings. The summed E-state index contributed by atoms with van der Waals surface area (Å²) in [6.07, 6.45) is 1.20. The van der Waals surface area contributed by atoms with Gasteiger partial charge in [0.15, 0.2) is 6.29 Å². The Kier molecular flexibility index (Phi) is 13.5. The Morgan fingerprint density at radius 2 is 1.93 bits per heavy atom. The second-order valence-corrected chi connectivity index (χ2v) is 2.79. The molecule has 6 heteroatoms. The van der Waals surface area contributed by atoms with E-state index in [2.05, 4.69) is 0 Å². The van der Waals surface area contributed by atoms with Crippen LogP contribution in [0.25, 0.3) is 0 Å². The van der Waals surface area contributed by atoms with Gasteiger partial charge < -0.3 is 16.1 Å². The predicted octanol–water partition coefficient (Wildman–Crippen LogP) is 1.45. The molecule has 1 rings (SSSR count). The van der Waals surface area contributed by atoms with Crippen LogP contribution in [-0.2, 0) is 34.4 Å². The van der Waals surface area contributed by atoms with Gasteiger partial charge in [0.05, 0.1) is 5.02 Å². The van der Waals surface area contributed by atoms with Crippen molar-refractivity contribution >= 4 is 17.9 Å². The van der Waals surface area contributed by atoms with Crippen molar-refractivity contribution in [2.45, 2.75) is 6.42 Å². The van der Waals surface area contributed by atoms with Crippen molar-refractivity contribution in [2.24, 2.45) is 0 Å². The fraction of sp³-hybridized carbons (Fsp3) is 0.222. The summed E-state index contributed by atoms with van der Waals surface area (Å²) >= 11 is 5.85. The maximum atomic E-state index is 10.4. The van der Waals surface area contributed by atoms with Gasteiger partial charge in [-0.05, 0) is 12.0 Å². The summed E-state index contributed by atoms with van der Waals surface area (Å²) < 4.78 is 0. The van der Waals surface area contributed by atoms with E-state index in [1.54, 1.807) is 18.2 Å². The predicted molar refractivity (Wildman–Crippen MR) is 49.0 cm³/mol. The Bertz CT molecular complexity index is 293. The molecule has 0 spiro atoms. The van der Waals surface area contributed by atoms with Crippen molar-refractivity contribution in [3.05, 3.63) is 34.3 Å². The first-order valence-electron chi connectivity index (χ1n) is 3.63. The molecule has 1 radical (unpaired) electrons. The summed E-state index contributed by atoms with van der Waals surface area (Å²) in [5.41, 5.74) is 1.28. The Morgan fingerprint density at radius 3 is 2.40 bits per heavy atom. The van der Waals surface area contributed by atoms with Gasteiger partial charge in [-0.25, -0.2) is 0 Å². The van der Waals surface area contributed by atoms with Gasteiger partial charge in [-0.2, -0.15) is 0 Å². The van der Waals surface area contributed by atoms with E-state index in [0.717, 1.165) is 5.56 Å². The minimum atomic E-state index is 0. The zero-order chi connectivity index (χ0) is 8.97. The normalized spacial score (nSPS) is 7.87. The standard InChI is InChI=1S/C9H9ClO2.Mn.2O/c10-9-7(4-5-11)2-1-3-8(9)6-12;;;/h1-3,6,11H,4-5H2;;;/q;;2*-2. The fourth-order valence-electron chi connectivity index (χ4n) is 1.00. The van der Waals surface area contributed by atoms with Crippen LogP contribution in [0.3, 0.4) is 0 Å². The largest absolute Gasteiger partial charge is 2.00 e. The number of aliphatic hydroxyl groups is 1. The molecule has 0 amide bonds. The average Bonchev–Trinajstić information content (AvgIpc) is 2.09. The summed E-state index contributed by atoms with van der Waals surface area (Å²) in [6.45, 7) is 0.0437. The number of hydrogen-bond donors (Lipinski definition) is 1. The quantitative estimate of drug-likeness (QED) is 0.665. The van der Waals surface area contributed by atoms with E-state index in [9.17, 15) is 4.79 Å². The SMILES string of the molecule is O=Cc1cccc(CCO)c1Cl.[Mn].[O-2].[O-2]. The van der Waals surface area contributed by atoms with Crippen LogP contribution in [0.2, 0.25) is 5.02 Å². The molecule has 0 unspecified atom stereocenters. The van der Waals surface area contributed by atoms with Crippen molar-refractivity contribution in [3.63, 3.8) is 0 Å². The molecule has 0 aromatic heterocycles. The van der Waals surface area contributed by atoms with Crippen LogP contribution in [0.4, 0.5) is 0 Å². The molecule has 15 heavy (non-hydrogen) atoms. The molecule has 4 nitrogen and oxygen atoms in total. The number of carbonyl (C=O) groups excluding carboxylic acids is 1. The van der Waals surface area contributed by atoms with E-state index in [4.69, 9.17) is 16.7 Å². The zero-order valence-electron chi connectivity index (χ0n) is 7.65. The Hall–Kier alpha value is -0.421. The number of rotatable bonds is 3. The zero-order valence-corrected chi connectivity index (χ0v) is 9.59. The van der Waals surface area contributed by atoms with E-state index in [-0.39, 0.29) is 34.6 Å². The van der Waals surface area contributed by atoms with E-state index in [1.807, 2.05) is 0 Å². The molecule has 1 aromatic rings. The van der Waals surface area contributed by atoms with Crippen molar-refractivity contribution in [1.82, 2.24) is 0 Å². The number of aliphatic hydroxyl groups excluding tert-OH is 1. The minimum Gasteiger partial charge on any atom is -2.00 e. The van der Waals surface area contributed by atoms with Gasteiger partial charge in [0, 0.05) is 29.2 Å². The van der Waals surface area contributed by atoms with Crippen LogP contribution in [0.1, 0.15) is 15.9 Å². The summed E-state index contributed by atoms with van der Waals surface area (Å²) in [5.74, 6) is 0. The summed E-state index contributed by atoms with van der Waals surface area (Å²) in [7, 11) is 0. The Morgan fingerprint density at radius 1 is 1.33 bits per heavy atom. The minimum absolute atomic E-state index is 0. The molecule has 0 bridgehead atoms. The van der Waals surface area contributed by atoms with Crippen molar-refractivity contribution in [1.29, 1.82) is 0 Å². The molecule has 87 valence electrons. The number of aldehydes is 1. The Balaban J connectivity index is -0.000000480. The van der Waals surface area contributed by atoms with Crippen LogP contribution in [0, 0.1) is 0 Å². The Labute approximate surface area is 103 Å². The van der Waals surface area contributed by atoms with Crippen molar-refractivity contribution in [3.8, 4) is 0 Å². The van der Waals surface area contributed by atoms with Crippen LogP contribution in [0.15, 0.2) is 18.2 Å². The number of halogens is 1. The van der Waals surface area contributed by atoms with Crippen LogP contribution in [-0.4, -0.2) is 18.0 Å². The first-order chi connectivity index (χ1) is 5.79. The van der Waals surface area contributed by atoms with Gasteiger partial charge in [0.1, 0.15) is 0 Å². The number of benzene rings is 1.